The molecule has 0 bridgehead atoms. The minimum absolute atomic E-state index is 0.134. The number of rotatable bonds is 9. The van der Waals surface area contributed by atoms with Crippen LogP contribution in [-0.2, 0) is 21.2 Å². The maximum absolute atomic E-state index is 13.3. The van der Waals surface area contributed by atoms with E-state index in [9.17, 15) is 18.0 Å². The number of anilines is 1. The fraction of sp³-hybridized carbons (Fsp3) is 0.167. The number of hydrogen-bond donors (Lipinski definition) is 2. The fourth-order valence-corrected chi connectivity index (χ4v) is 4.52. The molecule has 0 saturated carbocycles. The Hall–Kier alpha value is -3.49. The average Bonchev–Trinajstić information content (AvgIpc) is 2.78. The predicted molar refractivity (Wildman–Crippen MR) is 124 cm³/mol. The molecule has 32 heavy (non-hydrogen) atoms. The summed E-state index contributed by atoms with van der Waals surface area (Å²) in [5.41, 5.74) is 7.89. The van der Waals surface area contributed by atoms with Crippen LogP contribution in [0.25, 0.3) is 0 Å². The van der Waals surface area contributed by atoms with E-state index in [1.54, 1.807) is 36.4 Å². The fourth-order valence-electron chi connectivity index (χ4n) is 3.12. The molecule has 0 radical (unpaired) electrons. The van der Waals surface area contributed by atoms with Crippen LogP contribution in [0.15, 0.2) is 83.8 Å². The van der Waals surface area contributed by atoms with Crippen molar-refractivity contribution < 1.29 is 18.0 Å². The van der Waals surface area contributed by atoms with Gasteiger partial charge in [-0.2, -0.15) is 4.31 Å². The monoisotopic (exact) mass is 451 g/mol. The number of amides is 2. The molecule has 3 N–H and O–H groups in total. The predicted octanol–water partition coefficient (Wildman–Crippen LogP) is 2.97. The number of nitrogens with zero attached hydrogens (tertiary/aromatic N) is 1. The molecule has 166 valence electrons. The van der Waals surface area contributed by atoms with Crippen molar-refractivity contribution in [3.63, 3.8) is 0 Å². The molecule has 0 atom stereocenters. The van der Waals surface area contributed by atoms with Gasteiger partial charge in [-0.15, -0.1) is 0 Å². The zero-order chi connectivity index (χ0) is 23.1. The van der Waals surface area contributed by atoms with Crippen molar-refractivity contribution in [1.29, 1.82) is 0 Å². The van der Waals surface area contributed by atoms with E-state index in [4.69, 9.17) is 5.73 Å². The van der Waals surface area contributed by atoms with Crippen molar-refractivity contribution in [1.82, 2.24) is 4.31 Å². The molecule has 8 heteroatoms. The Bertz CT molecular complexity index is 1180. The summed E-state index contributed by atoms with van der Waals surface area (Å²) in [6.45, 7) is 1.68. The van der Waals surface area contributed by atoms with Crippen LogP contribution in [0.2, 0.25) is 0 Å². The smallest absolute Gasteiger partial charge is 0.248 e. The van der Waals surface area contributed by atoms with Crippen LogP contribution in [0.4, 0.5) is 5.69 Å². The van der Waals surface area contributed by atoms with Gasteiger partial charge in [0.2, 0.25) is 21.8 Å². The number of hydrogen-bond acceptors (Lipinski definition) is 4. The standard InChI is InChI=1S/C24H25N3O4S/c1-18-7-13-22(14-8-18)32(30,31)27(16-15-19-5-3-2-4-6-19)17-23(28)26-21-11-9-20(10-12-21)24(25)29/h2-14H,15-17H2,1H3,(H2,25,29)(H,26,28). The van der Waals surface area contributed by atoms with Crippen LogP contribution < -0.4 is 11.1 Å². The minimum Gasteiger partial charge on any atom is -0.366 e. The Kier molecular flexibility index (Phi) is 7.40. The van der Waals surface area contributed by atoms with Gasteiger partial charge < -0.3 is 11.1 Å². The molecule has 0 aromatic heterocycles. The third kappa shape index (κ3) is 6.03. The highest BCUT2D eigenvalue weighted by Gasteiger charge is 2.26. The Morgan fingerprint density at radius 2 is 1.53 bits per heavy atom. The Labute approximate surface area is 187 Å². The molecule has 0 aliphatic carbocycles. The number of aryl methyl sites for hydroxylation is 1. The van der Waals surface area contributed by atoms with Crippen LogP contribution in [0.5, 0.6) is 0 Å². The van der Waals surface area contributed by atoms with Crippen LogP contribution >= 0.6 is 0 Å². The Morgan fingerprint density at radius 1 is 0.906 bits per heavy atom. The number of nitrogens with one attached hydrogen (secondary N) is 1. The zero-order valence-corrected chi connectivity index (χ0v) is 18.5. The number of carbonyl (C=O) groups is 2. The topological polar surface area (TPSA) is 110 Å². The van der Waals surface area contributed by atoms with Crippen molar-refractivity contribution in [2.24, 2.45) is 5.73 Å². The molecule has 0 spiro atoms. The highest BCUT2D eigenvalue weighted by molar-refractivity contribution is 7.89. The number of sulfonamides is 1. The summed E-state index contributed by atoms with van der Waals surface area (Å²) in [6.07, 6.45) is 0.465. The molecule has 2 amide bonds. The van der Waals surface area contributed by atoms with Gasteiger partial charge in [-0.05, 0) is 55.3 Å². The lowest BCUT2D eigenvalue weighted by Crippen LogP contribution is -2.39. The van der Waals surface area contributed by atoms with Gasteiger partial charge in [0.1, 0.15) is 0 Å². The zero-order valence-electron chi connectivity index (χ0n) is 17.7. The van der Waals surface area contributed by atoms with Crippen LogP contribution in [0.1, 0.15) is 21.5 Å². The van der Waals surface area contributed by atoms with Crippen LogP contribution in [-0.4, -0.2) is 37.6 Å². The molecule has 0 unspecified atom stereocenters. The maximum atomic E-state index is 13.3. The largest absolute Gasteiger partial charge is 0.366 e. The van der Waals surface area contributed by atoms with Gasteiger partial charge in [0, 0.05) is 17.8 Å². The molecule has 0 heterocycles. The van der Waals surface area contributed by atoms with Gasteiger partial charge in [-0.25, -0.2) is 8.42 Å². The first-order valence-electron chi connectivity index (χ1n) is 10.1. The lowest BCUT2D eigenvalue weighted by molar-refractivity contribution is -0.116. The first-order valence-corrected chi connectivity index (χ1v) is 11.5. The van der Waals surface area contributed by atoms with Crippen LogP contribution in [0, 0.1) is 6.92 Å². The molecule has 3 rings (SSSR count). The van der Waals surface area contributed by atoms with E-state index >= 15 is 0 Å². The second-order valence-electron chi connectivity index (χ2n) is 7.38. The summed E-state index contributed by atoms with van der Waals surface area (Å²) < 4.78 is 27.7. The van der Waals surface area contributed by atoms with E-state index in [2.05, 4.69) is 5.32 Å². The summed E-state index contributed by atoms with van der Waals surface area (Å²) in [4.78, 5) is 24.0. The van der Waals surface area contributed by atoms with Crippen molar-refractivity contribution in [3.05, 3.63) is 95.6 Å². The van der Waals surface area contributed by atoms with Crippen molar-refractivity contribution in [2.75, 3.05) is 18.4 Å². The second kappa shape index (κ2) is 10.2. The molecule has 0 aliphatic heterocycles. The quantitative estimate of drug-likeness (QED) is 0.521. The Morgan fingerprint density at radius 3 is 2.12 bits per heavy atom. The van der Waals surface area contributed by atoms with E-state index in [1.165, 1.54) is 16.4 Å². The first kappa shape index (κ1) is 23.2. The summed E-state index contributed by atoms with van der Waals surface area (Å²) in [7, 11) is -3.88. The number of benzene rings is 3. The molecular formula is C24H25N3O4S. The van der Waals surface area contributed by atoms with Gasteiger partial charge in [-0.3, -0.25) is 9.59 Å². The molecule has 3 aromatic rings. The van der Waals surface area contributed by atoms with E-state index < -0.39 is 21.8 Å². The average molecular weight is 452 g/mol. The first-order chi connectivity index (χ1) is 15.3. The maximum Gasteiger partial charge on any atom is 0.248 e. The van der Waals surface area contributed by atoms with Gasteiger partial charge in [-0.1, -0.05) is 48.0 Å². The minimum atomic E-state index is -3.88. The molecule has 0 aliphatic rings. The summed E-state index contributed by atoms with van der Waals surface area (Å²) >= 11 is 0. The van der Waals surface area contributed by atoms with E-state index in [-0.39, 0.29) is 18.0 Å². The second-order valence-corrected chi connectivity index (χ2v) is 9.31. The molecule has 7 nitrogen and oxygen atoms in total. The third-order valence-electron chi connectivity index (χ3n) is 4.92. The van der Waals surface area contributed by atoms with Crippen molar-refractivity contribution in [2.45, 2.75) is 18.2 Å². The highest BCUT2D eigenvalue weighted by atomic mass is 32.2. The van der Waals surface area contributed by atoms with E-state index in [0.717, 1.165) is 11.1 Å². The highest BCUT2D eigenvalue weighted by Crippen LogP contribution is 2.18. The number of nitrogens with two attached hydrogens (primary N) is 1. The SMILES string of the molecule is Cc1ccc(S(=O)(=O)N(CCc2ccccc2)CC(=O)Nc2ccc(C(N)=O)cc2)cc1. The van der Waals surface area contributed by atoms with Crippen molar-refractivity contribution in [3.8, 4) is 0 Å². The number of carbonyl (C=O) groups excluding carboxylic acids is 2. The van der Waals surface area contributed by atoms with Crippen molar-refractivity contribution >= 4 is 27.5 Å². The molecule has 0 fully saturated rings. The van der Waals surface area contributed by atoms with Gasteiger partial charge in [0.25, 0.3) is 0 Å². The van der Waals surface area contributed by atoms with Gasteiger partial charge in [0.05, 0.1) is 11.4 Å². The summed E-state index contributed by atoms with van der Waals surface area (Å²) in [5, 5.41) is 2.67. The Balaban J connectivity index is 1.78. The molecular weight excluding hydrogens is 426 g/mol. The van der Waals surface area contributed by atoms with Gasteiger partial charge in [0.15, 0.2) is 0 Å². The third-order valence-corrected chi connectivity index (χ3v) is 6.78. The lowest BCUT2D eigenvalue weighted by atomic mass is 10.1. The number of primary amides is 1. The molecule has 0 saturated heterocycles. The molecule has 3 aromatic carbocycles. The summed E-state index contributed by atoms with van der Waals surface area (Å²) in [5.74, 6) is -1.06. The van der Waals surface area contributed by atoms with Gasteiger partial charge >= 0.3 is 0 Å². The van der Waals surface area contributed by atoms with Crippen LogP contribution in [0.3, 0.4) is 0 Å². The lowest BCUT2D eigenvalue weighted by Gasteiger charge is -2.22. The van der Waals surface area contributed by atoms with E-state index in [0.29, 0.717) is 17.7 Å². The van der Waals surface area contributed by atoms with E-state index in [1.807, 2.05) is 37.3 Å². The summed E-state index contributed by atoms with van der Waals surface area (Å²) in [6, 6.07) is 22.1. The normalized spacial score (nSPS) is 11.3.